The van der Waals surface area contributed by atoms with E-state index in [-0.39, 0.29) is 10.4 Å². The topological polar surface area (TPSA) is 54.7 Å². The van der Waals surface area contributed by atoms with Crippen LogP contribution in [0, 0.1) is 5.92 Å². The summed E-state index contributed by atoms with van der Waals surface area (Å²) in [5.74, 6) is 0.351. The number of thioether (sulfide) groups is 1. The fraction of sp³-hybridized carbons (Fsp3) is 0.500. The SMILES string of the molecule is CSC1C(C)CCCN1S(=O)(=O)c1cnc2ccc(Br)cn12. The van der Waals surface area contributed by atoms with Gasteiger partial charge in [-0.3, -0.25) is 4.40 Å². The summed E-state index contributed by atoms with van der Waals surface area (Å²) >= 11 is 4.99. The van der Waals surface area contributed by atoms with Crippen LogP contribution in [0.25, 0.3) is 5.65 Å². The predicted molar refractivity (Wildman–Crippen MR) is 92.5 cm³/mol. The number of hydrogen-bond donors (Lipinski definition) is 0. The summed E-state index contributed by atoms with van der Waals surface area (Å²) < 4.78 is 30.3. The quantitative estimate of drug-likeness (QED) is 0.789. The minimum absolute atomic E-state index is 0.0172. The summed E-state index contributed by atoms with van der Waals surface area (Å²) in [6, 6.07) is 3.65. The monoisotopic (exact) mass is 403 g/mol. The normalized spacial score (nSPS) is 24.0. The first-order valence-corrected chi connectivity index (χ1v) is 10.6. The molecule has 0 aliphatic carbocycles. The highest BCUT2D eigenvalue weighted by atomic mass is 79.9. The van der Waals surface area contributed by atoms with Crippen LogP contribution in [0.2, 0.25) is 0 Å². The van der Waals surface area contributed by atoms with Crippen molar-refractivity contribution < 1.29 is 8.42 Å². The number of hydrogen-bond acceptors (Lipinski definition) is 4. The van der Waals surface area contributed by atoms with E-state index >= 15 is 0 Å². The van der Waals surface area contributed by atoms with Crippen LogP contribution in [0.15, 0.2) is 34.0 Å². The molecule has 8 heteroatoms. The fourth-order valence-electron chi connectivity index (χ4n) is 2.97. The number of imidazole rings is 1. The average molecular weight is 404 g/mol. The van der Waals surface area contributed by atoms with Gasteiger partial charge < -0.3 is 0 Å². The smallest absolute Gasteiger partial charge is 0.261 e. The second-order valence-corrected chi connectivity index (χ2v) is 9.24. The molecule has 2 atom stereocenters. The van der Waals surface area contributed by atoms with E-state index in [1.807, 2.05) is 12.3 Å². The maximum Gasteiger partial charge on any atom is 0.261 e. The van der Waals surface area contributed by atoms with Crippen LogP contribution in [-0.4, -0.2) is 40.3 Å². The number of aromatic nitrogens is 2. The molecule has 0 N–H and O–H groups in total. The summed E-state index contributed by atoms with van der Waals surface area (Å²) in [7, 11) is -3.56. The Bertz CT molecular complexity index is 790. The lowest BCUT2D eigenvalue weighted by Crippen LogP contribution is -2.46. The molecule has 0 spiro atoms. The van der Waals surface area contributed by atoms with Crippen LogP contribution in [-0.2, 0) is 10.0 Å². The van der Waals surface area contributed by atoms with E-state index in [9.17, 15) is 8.42 Å². The van der Waals surface area contributed by atoms with Crippen molar-refractivity contribution in [1.82, 2.24) is 13.7 Å². The van der Waals surface area contributed by atoms with E-state index < -0.39 is 10.0 Å². The third kappa shape index (κ3) is 2.70. The molecule has 120 valence electrons. The molecule has 3 rings (SSSR count). The van der Waals surface area contributed by atoms with Crippen molar-refractivity contribution in [2.45, 2.75) is 30.2 Å². The Hall–Kier alpha value is -0.570. The van der Waals surface area contributed by atoms with Gasteiger partial charge in [-0.15, -0.1) is 11.8 Å². The number of nitrogens with zero attached hydrogens (tertiary/aromatic N) is 3. The van der Waals surface area contributed by atoms with E-state index in [0.717, 1.165) is 17.3 Å². The number of pyridine rings is 1. The minimum atomic E-state index is -3.56. The summed E-state index contributed by atoms with van der Waals surface area (Å²) in [5, 5.41) is 0.216. The van der Waals surface area contributed by atoms with Gasteiger partial charge in [-0.05, 0) is 53.1 Å². The van der Waals surface area contributed by atoms with Gasteiger partial charge in [0.25, 0.3) is 10.0 Å². The molecule has 2 aromatic rings. The van der Waals surface area contributed by atoms with E-state index in [1.165, 1.54) is 6.20 Å². The second kappa shape index (κ2) is 6.14. The van der Waals surface area contributed by atoms with Crippen LogP contribution in [0.1, 0.15) is 19.8 Å². The molecule has 5 nitrogen and oxygen atoms in total. The first-order valence-electron chi connectivity index (χ1n) is 7.12. The summed E-state index contributed by atoms with van der Waals surface area (Å²) in [4.78, 5) is 4.22. The van der Waals surface area contributed by atoms with Gasteiger partial charge >= 0.3 is 0 Å². The highest BCUT2D eigenvalue weighted by Gasteiger charge is 2.38. The van der Waals surface area contributed by atoms with Gasteiger partial charge in [0.15, 0.2) is 5.03 Å². The Kier molecular flexibility index (Phi) is 4.55. The standard InChI is InChI=1S/C14H18BrN3O2S2/c1-10-4-3-7-18(14(10)21-2)22(19,20)13-8-16-12-6-5-11(15)9-17(12)13/h5-6,8-10,14H,3-4,7H2,1-2H3. The molecule has 22 heavy (non-hydrogen) atoms. The number of halogens is 1. The van der Waals surface area contributed by atoms with Crippen LogP contribution in [0.4, 0.5) is 0 Å². The molecule has 2 unspecified atom stereocenters. The number of sulfonamides is 1. The predicted octanol–water partition coefficient (Wildman–Crippen LogP) is 3.21. The third-order valence-electron chi connectivity index (χ3n) is 4.06. The van der Waals surface area contributed by atoms with Gasteiger partial charge in [0.1, 0.15) is 5.65 Å². The van der Waals surface area contributed by atoms with Crippen molar-refractivity contribution in [3.8, 4) is 0 Å². The maximum absolute atomic E-state index is 13.1. The Morgan fingerprint density at radius 2 is 2.18 bits per heavy atom. The average Bonchev–Trinajstić information content (AvgIpc) is 2.90. The van der Waals surface area contributed by atoms with Crippen LogP contribution < -0.4 is 0 Å². The lowest BCUT2D eigenvalue weighted by Gasteiger charge is -2.37. The third-order valence-corrected chi connectivity index (χ3v) is 7.72. The zero-order chi connectivity index (χ0) is 15.9. The van der Waals surface area contributed by atoms with Gasteiger partial charge in [-0.2, -0.15) is 4.31 Å². The molecule has 3 heterocycles. The molecular weight excluding hydrogens is 386 g/mol. The van der Waals surface area contributed by atoms with Gasteiger partial charge in [-0.25, -0.2) is 13.4 Å². The van der Waals surface area contributed by atoms with E-state index in [2.05, 4.69) is 27.8 Å². The van der Waals surface area contributed by atoms with Crippen molar-refractivity contribution in [3.05, 3.63) is 29.0 Å². The highest BCUT2D eigenvalue weighted by Crippen LogP contribution is 2.34. The molecule has 1 fully saturated rings. The number of rotatable bonds is 3. The maximum atomic E-state index is 13.1. The molecule has 1 aliphatic rings. The Labute approximate surface area is 143 Å². The van der Waals surface area contributed by atoms with Crippen molar-refractivity contribution in [2.24, 2.45) is 5.92 Å². The number of fused-ring (bicyclic) bond motifs is 1. The molecule has 0 aromatic carbocycles. The van der Waals surface area contributed by atoms with Crippen LogP contribution in [0.5, 0.6) is 0 Å². The van der Waals surface area contributed by atoms with Gasteiger partial charge in [0.2, 0.25) is 0 Å². The van der Waals surface area contributed by atoms with Gasteiger partial charge in [-0.1, -0.05) is 6.92 Å². The first kappa shape index (κ1) is 16.3. The van der Waals surface area contributed by atoms with E-state index in [4.69, 9.17) is 0 Å². The van der Waals surface area contributed by atoms with Gasteiger partial charge in [0, 0.05) is 17.2 Å². The summed E-state index contributed by atoms with van der Waals surface area (Å²) in [5.41, 5.74) is 0.632. The number of piperidine rings is 1. The molecule has 2 aromatic heterocycles. The summed E-state index contributed by atoms with van der Waals surface area (Å²) in [6.45, 7) is 2.69. The molecule has 0 bridgehead atoms. The summed E-state index contributed by atoms with van der Waals surface area (Å²) in [6.07, 6.45) is 7.14. The fourth-order valence-corrected chi connectivity index (χ4v) is 6.52. The minimum Gasteiger partial charge on any atom is -0.288 e. The molecule has 1 saturated heterocycles. The molecular formula is C14H18BrN3O2S2. The van der Waals surface area contributed by atoms with Crippen LogP contribution in [0.3, 0.4) is 0 Å². The molecule has 0 saturated carbocycles. The van der Waals surface area contributed by atoms with Gasteiger partial charge in [0.05, 0.1) is 11.6 Å². The second-order valence-electron chi connectivity index (χ2n) is 5.53. The largest absolute Gasteiger partial charge is 0.288 e. The van der Waals surface area contributed by atoms with Crippen molar-refractivity contribution >= 4 is 43.4 Å². The van der Waals surface area contributed by atoms with Crippen molar-refractivity contribution in [1.29, 1.82) is 0 Å². The zero-order valence-corrected chi connectivity index (χ0v) is 15.7. The highest BCUT2D eigenvalue weighted by molar-refractivity contribution is 9.10. The van der Waals surface area contributed by atoms with Crippen molar-refractivity contribution in [2.75, 3.05) is 12.8 Å². The zero-order valence-electron chi connectivity index (χ0n) is 12.4. The Balaban J connectivity index is 2.09. The van der Waals surface area contributed by atoms with Crippen LogP contribution >= 0.6 is 27.7 Å². The van der Waals surface area contributed by atoms with Crippen molar-refractivity contribution in [3.63, 3.8) is 0 Å². The Morgan fingerprint density at radius 1 is 1.41 bits per heavy atom. The van der Waals surface area contributed by atoms with E-state index in [0.29, 0.717) is 18.1 Å². The Morgan fingerprint density at radius 3 is 2.91 bits per heavy atom. The lowest BCUT2D eigenvalue weighted by molar-refractivity contribution is 0.255. The molecule has 1 aliphatic heterocycles. The first-order chi connectivity index (χ1) is 10.4. The lowest BCUT2D eigenvalue weighted by atomic mass is 10.0. The molecule has 0 radical (unpaired) electrons. The molecule has 0 amide bonds. The van der Waals surface area contributed by atoms with E-state index in [1.54, 1.807) is 32.7 Å².